The van der Waals surface area contributed by atoms with E-state index < -0.39 is 24.3 Å². The van der Waals surface area contributed by atoms with Gasteiger partial charge in [0.2, 0.25) is 0 Å². The van der Waals surface area contributed by atoms with Crippen LogP contribution in [0.3, 0.4) is 0 Å². The number of esters is 2. The number of rotatable bonds is 49. The van der Waals surface area contributed by atoms with Crippen LogP contribution in [-0.4, -0.2) is 82.3 Å². The monoisotopic (exact) mass is 904 g/mol. The molecule has 0 fully saturated rings. The molecule has 2 unspecified atom stereocenters. The first kappa shape index (κ1) is 61.5. The Kier molecular flexibility index (Phi) is 45.2. The molecule has 2 atom stereocenters. The smallest absolute Gasteiger partial charge is 0.306 e. The Morgan fingerprint density at radius 1 is 0.469 bits per heavy atom. The molecule has 0 heterocycles. The van der Waals surface area contributed by atoms with Crippen LogP contribution in [0.5, 0.6) is 0 Å². The van der Waals surface area contributed by atoms with Crippen molar-refractivity contribution in [3.8, 4) is 0 Å². The summed E-state index contributed by atoms with van der Waals surface area (Å²) in [6.07, 6.45) is 51.9. The van der Waals surface area contributed by atoms with Crippen LogP contribution in [0.1, 0.15) is 239 Å². The van der Waals surface area contributed by atoms with Gasteiger partial charge in [-0.25, -0.2) is 0 Å². The highest BCUT2D eigenvalue weighted by Gasteiger charge is 2.22. The molecule has 0 spiro atoms. The van der Waals surface area contributed by atoms with Gasteiger partial charge in [0.1, 0.15) is 13.2 Å². The standard InChI is InChI=1S/C55H101NO8/c1-6-8-10-12-14-16-18-20-21-22-23-24-25-26-27-28-29-30-31-32-33-34-36-38-40-42-44-46-53(58)64-51(50-63-55(54(59)60)61-48-47-56(3,4)5)49-62-52(57)45-43-41-39-37-35-19-17-15-13-11-9-7-2/h15,17-18,20,22-23,51,55H,6-14,16,19,21,24-50H2,1-5H3/b17-15-,20-18-,23-22-. The Hall–Kier alpha value is -2.49. The molecule has 0 N–H and O–H groups in total. The summed E-state index contributed by atoms with van der Waals surface area (Å²) in [7, 11) is 5.91. The minimum absolute atomic E-state index is 0.147. The van der Waals surface area contributed by atoms with E-state index in [4.69, 9.17) is 18.9 Å². The largest absolute Gasteiger partial charge is 0.545 e. The van der Waals surface area contributed by atoms with Gasteiger partial charge in [0.15, 0.2) is 12.4 Å². The van der Waals surface area contributed by atoms with E-state index in [1.807, 2.05) is 21.1 Å². The number of hydrogen-bond acceptors (Lipinski definition) is 8. The molecule has 0 amide bonds. The molecule has 0 aromatic rings. The van der Waals surface area contributed by atoms with Crippen molar-refractivity contribution < 1.29 is 42.9 Å². The first-order valence-electron chi connectivity index (χ1n) is 26.6. The first-order valence-corrected chi connectivity index (χ1v) is 26.6. The zero-order chi connectivity index (χ0) is 47.0. The lowest BCUT2D eigenvalue weighted by Crippen LogP contribution is -2.44. The molecule has 0 aliphatic rings. The Labute approximate surface area is 394 Å². The van der Waals surface area contributed by atoms with E-state index in [-0.39, 0.29) is 38.6 Å². The van der Waals surface area contributed by atoms with Gasteiger partial charge >= 0.3 is 11.9 Å². The van der Waals surface area contributed by atoms with Gasteiger partial charge in [-0.05, 0) is 70.6 Å². The van der Waals surface area contributed by atoms with Gasteiger partial charge < -0.3 is 33.3 Å². The number of quaternary nitrogens is 1. The summed E-state index contributed by atoms with van der Waals surface area (Å²) >= 11 is 0. The zero-order valence-electron chi connectivity index (χ0n) is 42.4. The van der Waals surface area contributed by atoms with Crippen molar-refractivity contribution in [3.63, 3.8) is 0 Å². The maximum Gasteiger partial charge on any atom is 0.306 e. The molecule has 9 nitrogen and oxygen atoms in total. The van der Waals surface area contributed by atoms with Crippen molar-refractivity contribution in [2.24, 2.45) is 0 Å². The second kappa shape index (κ2) is 47.0. The molecule has 0 aromatic heterocycles. The number of nitrogens with zero attached hydrogens (tertiary/aromatic N) is 1. The third-order valence-corrected chi connectivity index (χ3v) is 11.6. The average molecular weight is 904 g/mol. The molecule has 0 bridgehead atoms. The third kappa shape index (κ3) is 47.5. The Bertz CT molecular complexity index is 1150. The van der Waals surface area contributed by atoms with Crippen LogP contribution in [0.2, 0.25) is 0 Å². The van der Waals surface area contributed by atoms with E-state index in [0.717, 1.165) is 57.8 Å². The number of ether oxygens (including phenoxy) is 4. The lowest BCUT2D eigenvalue weighted by Gasteiger charge is -2.26. The van der Waals surface area contributed by atoms with Crippen LogP contribution < -0.4 is 5.11 Å². The molecular weight excluding hydrogens is 803 g/mol. The number of carbonyl (C=O) groups is 3. The topological polar surface area (TPSA) is 111 Å². The molecule has 64 heavy (non-hydrogen) atoms. The Morgan fingerprint density at radius 2 is 0.844 bits per heavy atom. The van der Waals surface area contributed by atoms with Gasteiger partial charge in [-0.2, -0.15) is 0 Å². The summed E-state index contributed by atoms with van der Waals surface area (Å²) in [6, 6.07) is 0. The van der Waals surface area contributed by atoms with Crippen LogP contribution in [0.4, 0.5) is 0 Å². The number of allylic oxidation sites excluding steroid dienone is 6. The number of carboxylic acid groups (broad SMARTS) is 1. The summed E-state index contributed by atoms with van der Waals surface area (Å²) in [5.74, 6) is -2.29. The maximum atomic E-state index is 12.8. The van der Waals surface area contributed by atoms with Crippen LogP contribution in [0.25, 0.3) is 0 Å². The number of unbranched alkanes of at least 4 members (excludes halogenated alkanes) is 28. The Balaban J connectivity index is 4.19. The lowest BCUT2D eigenvalue weighted by atomic mass is 10.0. The van der Waals surface area contributed by atoms with Gasteiger partial charge in [0.25, 0.3) is 0 Å². The van der Waals surface area contributed by atoms with E-state index >= 15 is 0 Å². The van der Waals surface area contributed by atoms with Gasteiger partial charge in [0, 0.05) is 12.8 Å². The van der Waals surface area contributed by atoms with Crippen molar-refractivity contribution in [2.75, 3.05) is 47.5 Å². The van der Waals surface area contributed by atoms with Crippen LogP contribution in [0, 0.1) is 0 Å². The maximum absolute atomic E-state index is 12.8. The number of aliphatic carboxylic acids is 1. The number of carbonyl (C=O) groups excluding carboxylic acids is 3. The van der Waals surface area contributed by atoms with E-state index in [0.29, 0.717) is 17.4 Å². The molecule has 374 valence electrons. The molecule has 0 aromatic carbocycles. The minimum Gasteiger partial charge on any atom is -0.545 e. The third-order valence-electron chi connectivity index (χ3n) is 11.6. The molecule has 0 aliphatic heterocycles. The van der Waals surface area contributed by atoms with E-state index in [2.05, 4.69) is 50.3 Å². The predicted octanol–water partition coefficient (Wildman–Crippen LogP) is 13.6. The lowest BCUT2D eigenvalue weighted by molar-refractivity contribution is -0.870. The van der Waals surface area contributed by atoms with E-state index in [9.17, 15) is 19.5 Å². The molecule has 0 aliphatic carbocycles. The van der Waals surface area contributed by atoms with E-state index in [1.165, 1.54) is 148 Å². The molecular formula is C55H101NO8. The summed E-state index contributed by atoms with van der Waals surface area (Å²) in [5, 5.41) is 11.7. The highest BCUT2D eigenvalue weighted by atomic mass is 16.7. The first-order chi connectivity index (χ1) is 31.1. The molecule has 0 rings (SSSR count). The predicted molar refractivity (Wildman–Crippen MR) is 265 cm³/mol. The van der Waals surface area contributed by atoms with Crippen LogP contribution in [0.15, 0.2) is 36.5 Å². The van der Waals surface area contributed by atoms with Crippen molar-refractivity contribution in [1.29, 1.82) is 0 Å². The second-order valence-electron chi connectivity index (χ2n) is 19.2. The second-order valence-corrected chi connectivity index (χ2v) is 19.2. The number of hydrogen-bond donors (Lipinski definition) is 0. The van der Waals surface area contributed by atoms with Gasteiger partial charge in [-0.3, -0.25) is 9.59 Å². The highest BCUT2D eigenvalue weighted by Crippen LogP contribution is 2.16. The van der Waals surface area contributed by atoms with Crippen molar-refractivity contribution >= 4 is 17.9 Å². The van der Waals surface area contributed by atoms with Crippen molar-refractivity contribution in [1.82, 2.24) is 0 Å². The van der Waals surface area contributed by atoms with Crippen molar-refractivity contribution in [2.45, 2.75) is 251 Å². The Morgan fingerprint density at radius 3 is 1.28 bits per heavy atom. The fourth-order valence-electron chi connectivity index (χ4n) is 7.44. The normalized spacial score (nSPS) is 13.1. The molecule has 9 heteroatoms. The summed E-state index contributed by atoms with van der Waals surface area (Å²) < 4.78 is 22.6. The van der Waals surface area contributed by atoms with Gasteiger partial charge in [0.05, 0.1) is 40.3 Å². The average Bonchev–Trinajstić information content (AvgIpc) is 3.26. The molecule has 0 saturated heterocycles. The fourth-order valence-corrected chi connectivity index (χ4v) is 7.44. The summed E-state index contributed by atoms with van der Waals surface area (Å²) in [6.45, 7) is 4.71. The molecule has 0 radical (unpaired) electrons. The fraction of sp³-hybridized carbons (Fsp3) is 0.836. The van der Waals surface area contributed by atoms with Gasteiger partial charge in [-0.1, -0.05) is 192 Å². The number of carboxylic acids is 1. The van der Waals surface area contributed by atoms with Crippen LogP contribution in [-0.2, 0) is 33.3 Å². The molecule has 0 saturated carbocycles. The minimum atomic E-state index is -1.62. The SMILES string of the molecule is CCCCC/C=C\CCCCCCCC(=O)OCC(COC(OCC[N+](C)(C)C)C(=O)[O-])OC(=O)CCCCCCCCCCCCCCCCC/C=C\C/C=C\CCCCCCC. The summed E-state index contributed by atoms with van der Waals surface area (Å²) in [5.41, 5.74) is 0. The zero-order valence-corrected chi connectivity index (χ0v) is 42.4. The number of likely N-dealkylation sites (N-methyl/N-ethyl adjacent to an activating group) is 1. The van der Waals surface area contributed by atoms with E-state index in [1.54, 1.807) is 0 Å². The van der Waals surface area contributed by atoms with Crippen LogP contribution >= 0.6 is 0 Å². The quantitative estimate of drug-likeness (QED) is 0.0195. The highest BCUT2D eigenvalue weighted by molar-refractivity contribution is 5.70. The van der Waals surface area contributed by atoms with Crippen molar-refractivity contribution in [3.05, 3.63) is 36.5 Å². The summed E-state index contributed by atoms with van der Waals surface area (Å²) in [4.78, 5) is 37.1. The van der Waals surface area contributed by atoms with Gasteiger partial charge in [-0.15, -0.1) is 0 Å².